The van der Waals surface area contributed by atoms with E-state index >= 15 is 0 Å². The summed E-state index contributed by atoms with van der Waals surface area (Å²) in [4.78, 5) is 12.3. The predicted octanol–water partition coefficient (Wildman–Crippen LogP) is 6.34. The molecular weight excluding hydrogens is 551 g/mol. The van der Waals surface area contributed by atoms with Gasteiger partial charge in [-0.25, -0.2) is 5.43 Å². The van der Waals surface area contributed by atoms with Crippen molar-refractivity contribution in [1.29, 1.82) is 0 Å². The van der Waals surface area contributed by atoms with Crippen LogP contribution in [-0.4, -0.2) is 19.2 Å². The minimum Gasteiger partial charge on any atom is -0.493 e. The third kappa shape index (κ3) is 6.19. The number of halogens is 1. The number of aryl methyl sites for hydroxylation is 2. The van der Waals surface area contributed by atoms with E-state index in [1.165, 1.54) is 16.3 Å². The number of rotatable bonds is 8. The zero-order chi connectivity index (χ0) is 24.8. The van der Waals surface area contributed by atoms with Crippen LogP contribution in [0.5, 0.6) is 11.5 Å². The first kappa shape index (κ1) is 24.7. The molecule has 0 aliphatic carbocycles. The molecule has 0 radical (unpaired) electrons. The zero-order valence-electron chi connectivity index (χ0n) is 20.0. The molecule has 6 heteroatoms. The van der Waals surface area contributed by atoms with Crippen LogP contribution < -0.4 is 14.9 Å². The Labute approximate surface area is 219 Å². The van der Waals surface area contributed by atoms with Crippen LogP contribution in [0, 0.1) is 17.4 Å². The van der Waals surface area contributed by atoms with Gasteiger partial charge in [-0.05, 0) is 81.6 Å². The van der Waals surface area contributed by atoms with Gasteiger partial charge in [0.1, 0.15) is 6.61 Å². The molecule has 0 atom stereocenters. The van der Waals surface area contributed by atoms with Crippen LogP contribution in [0.1, 0.15) is 27.8 Å². The number of benzene rings is 4. The fourth-order valence-corrected chi connectivity index (χ4v) is 4.74. The quantitative estimate of drug-likeness (QED) is 0.151. The number of fused-ring (bicyclic) bond motifs is 1. The number of ether oxygens (including phenoxy) is 2. The average molecular weight is 578 g/mol. The third-order valence-corrected chi connectivity index (χ3v) is 6.56. The van der Waals surface area contributed by atoms with E-state index in [0.717, 1.165) is 25.8 Å². The van der Waals surface area contributed by atoms with E-state index in [1.54, 1.807) is 13.3 Å². The van der Waals surface area contributed by atoms with Gasteiger partial charge in [0, 0.05) is 0 Å². The molecule has 4 aromatic rings. The fraction of sp³-hybridized carbons (Fsp3) is 0.172. The number of carbonyl (C=O) groups is 1. The van der Waals surface area contributed by atoms with Gasteiger partial charge in [0.2, 0.25) is 5.91 Å². The monoisotopic (exact) mass is 578 g/mol. The van der Waals surface area contributed by atoms with Crippen LogP contribution in [0.15, 0.2) is 77.9 Å². The number of amides is 1. The lowest BCUT2D eigenvalue weighted by atomic mass is 10.0. The Balaban J connectivity index is 1.43. The molecule has 0 aliphatic heterocycles. The van der Waals surface area contributed by atoms with Crippen LogP contribution in [0.4, 0.5) is 0 Å². The summed E-state index contributed by atoms with van der Waals surface area (Å²) in [6.07, 6.45) is 1.89. The summed E-state index contributed by atoms with van der Waals surface area (Å²) in [5.74, 6) is 1.13. The standard InChI is InChI=1S/C29H27IN2O3/c1-19-11-12-23(20(2)13-19)16-28(33)32-31-17-21-14-26(30)29(27(15-21)34-3)35-18-24-9-6-8-22-7-4-5-10-25(22)24/h4-15,17H,16,18H2,1-3H3,(H,32,33)/b31-17+. The van der Waals surface area contributed by atoms with Crippen molar-refractivity contribution in [3.8, 4) is 11.5 Å². The van der Waals surface area contributed by atoms with Crippen molar-refractivity contribution in [3.05, 3.63) is 104 Å². The summed E-state index contributed by atoms with van der Waals surface area (Å²) in [7, 11) is 1.61. The first-order valence-corrected chi connectivity index (χ1v) is 12.4. The van der Waals surface area contributed by atoms with Crippen molar-refractivity contribution in [3.63, 3.8) is 0 Å². The second kappa shape index (κ2) is 11.4. The molecule has 1 N–H and O–H groups in total. The Morgan fingerprint density at radius 2 is 1.80 bits per heavy atom. The van der Waals surface area contributed by atoms with Crippen molar-refractivity contribution in [2.24, 2.45) is 5.10 Å². The maximum atomic E-state index is 12.3. The Morgan fingerprint density at radius 3 is 2.60 bits per heavy atom. The van der Waals surface area contributed by atoms with Crippen molar-refractivity contribution in [1.82, 2.24) is 5.43 Å². The van der Waals surface area contributed by atoms with Crippen LogP contribution in [0.3, 0.4) is 0 Å². The van der Waals surface area contributed by atoms with E-state index in [9.17, 15) is 4.79 Å². The lowest BCUT2D eigenvalue weighted by Crippen LogP contribution is -2.20. The van der Waals surface area contributed by atoms with Gasteiger partial charge in [-0.3, -0.25) is 4.79 Å². The fourth-order valence-electron chi connectivity index (χ4n) is 3.96. The van der Waals surface area contributed by atoms with E-state index in [2.05, 4.69) is 63.4 Å². The molecule has 0 aromatic heterocycles. The highest BCUT2D eigenvalue weighted by Crippen LogP contribution is 2.34. The molecule has 0 spiro atoms. The molecule has 0 heterocycles. The zero-order valence-corrected chi connectivity index (χ0v) is 22.1. The van der Waals surface area contributed by atoms with Crippen molar-refractivity contribution in [2.75, 3.05) is 7.11 Å². The smallest absolute Gasteiger partial charge is 0.244 e. The highest BCUT2D eigenvalue weighted by molar-refractivity contribution is 14.1. The number of carbonyl (C=O) groups excluding carboxylic acids is 1. The summed E-state index contributed by atoms with van der Waals surface area (Å²) in [5, 5.41) is 6.49. The van der Waals surface area contributed by atoms with Crippen LogP contribution >= 0.6 is 22.6 Å². The first-order valence-electron chi connectivity index (χ1n) is 11.3. The highest BCUT2D eigenvalue weighted by Gasteiger charge is 2.13. The number of hydrogen-bond donors (Lipinski definition) is 1. The van der Waals surface area contributed by atoms with Gasteiger partial charge in [0.05, 0.1) is 23.3 Å². The Hall–Kier alpha value is -3.39. The third-order valence-electron chi connectivity index (χ3n) is 5.76. The molecule has 5 nitrogen and oxygen atoms in total. The number of hydrogen-bond acceptors (Lipinski definition) is 4. The van der Waals surface area contributed by atoms with Gasteiger partial charge in [-0.1, -0.05) is 66.2 Å². The van der Waals surface area contributed by atoms with E-state index in [-0.39, 0.29) is 12.3 Å². The maximum Gasteiger partial charge on any atom is 0.244 e. The van der Waals surface area contributed by atoms with Crippen LogP contribution in [0.2, 0.25) is 0 Å². The number of hydrazone groups is 1. The minimum atomic E-state index is -0.162. The molecule has 0 fully saturated rings. The molecule has 0 saturated heterocycles. The van der Waals surface area contributed by atoms with Gasteiger partial charge in [-0.2, -0.15) is 5.10 Å². The molecule has 0 bridgehead atoms. The van der Waals surface area contributed by atoms with Gasteiger partial charge in [0.25, 0.3) is 0 Å². The SMILES string of the molecule is COc1cc(/C=N/NC(=O)Cc2ccc(C)cc2C)cc(I)c1OCc1cccc2ccccc12. The average Bonchev–Trinajstić information content (AvgIpc) is 2.85. The van der Waals surface area contributed by atoms with E-state index in [4.69, 9.17) is 9.47 Å². The molecule has 0 aliphatic rings. The lowest BCUT2D eigenvalue weighted by molar-refractivity contribution is -0.120. The van der Waals surface area contributed by atoms with E-state index < -0.39 is 0 Å². The van der Waals surface area contributed by atoms with Crippen LogP contribution in [0.25, 0.3) is 10.8 Å². The van der Waals surface area contributed by atoms with Crippen molar-refractivity contribution in [2.45, 2.75) is 26.9 Å². The Morgan fingerprint density at radius 1 is 1.00 bits per heavy atom. The molecule has 35 heavy (non-hydrogen) atoms. The summed E-state index contributed by atoms with van der Waals surface area (Å²) in [6, 6.07) is 24.3. The topological polar surface area (TPSA) is 59.9 Å². The van der Waals surface area contributed by atoms with Gasteiger partial charge in [0.15, 0.2) is 11.5 Å². The Kier molecular flexibility index (Phi) is 8.02. The molecular formula is C29H27IN2O3. The van der Waals surface area contributed by atoms with Gasteiger partial charge >= 0.3 is 0 Å². The Bertz CT molecular complexity index is 1390. The number of nitrogens with one attached hydrogen (secondary N) is 1. The maximum absolute atomic E-state index is 12.3. The van der Waals surface area contributed by atoms with E-state index in [1.807, 2.05) is 56.3 Å². The first-order chi connectivity index (χ1) is 16.9. The number of nitrogens with zero attached hydrogens (tertiary/aromatic N) is 1. The van der Waals surface area contributed by atoms with E-state index in [0.29, 0.717) is 18.1 Å². The largest absolute Gasteiger partial charge is 0.493 e. The number of methoxy groups -OCH3 is 1. The summed E-state index contributed by atoms with van der Waals surface area (Å²) < 4.78 is 12.7. The van der Waals surface area contributed by atoms with Crippen molar-refractivity contribution < 1.29 is 14.3 Å². The highest BCUT2D eigenvalue weighted by atomic mass is 127. The second-order valence-corrected chi connectivity index (χ2v) is 9.52. The van der Waals surface area contributed by atoms with Crippen LogP contribution in [-0.2, 0) is 17.8 Å². The second-order valence-electron chi connectivity index (χ2n) is 8.36. The van der Waals surface area contributed by atoms with Crippen molar-refractivity contribution >= 4 is 45.5 Å². The molecule has 0 unspecified atom stereocenters. The molecule has 0 saturated carbocycles. The molecule has 4 rings (SSSR count). The molecule has 178 valence electrons. The predicted molar refractivity (Wildman–Crippen MR) is 149 cm³/mol. The molecule has 4 aromatic carbocycles. The van der Waals surface area contributed by atoms with Gasteiger partial charge in [-0.15, -0.1) is 0 Å². The minimum absolute atomic E-state index is 0.162. The summed E-state index contributed by atoms with van der Waals surface area (Å²) in [6.45, 7) is 4.48. The van der Waals surface area contributed by atoms with Gasteiger partial charge < -0.3 is 9.47 Å². The normalized spacial score (nSPS) is 11.1. The lowest BCUT2D eigenvalue weighted by Gasteiger charge is -2.14. The molecule has 1 amide bonds. The summed E-state index contributed by atoms with van der Waals surface area (Å²) in [5.41, 5.74) is 7.79. The summed E-state index contributed by atoms with van der Waals surface area (Å²) >= 11 is 2.23.